The number of hydrogen-bond acceptors (Lipinski definition) is 6. The molecule has 0 radical (unpaired) electrons. The second kappa shape index (κ2) is 17.7. The highest BCUT2D eigenvalue weighted by atomic mass is 16.7. The number of ether oxygens (including phenoxy) is 2. The summed E-state index contributed by atoms with van der Waals surface area (Å²) in [5.41, 5.74) is 7.20. The van der Waals surface area contributed by atoms with Gasteiger partial charge in [0.15, 0.2) is 6.29 Å². The van der Waals surface area contributed by atoms with Crippen molar-refractivity contribution in [1.29, 1.82) is 0 Å². The monoisotopic (exact) mass is 650 g/mol. The molecule has 0 aromatic heterocycles. The van der Waals surface area contributed by atoms with Crippen molar-refractivity contribution in [2.45, 2.75) is 76.7 Å². The van der Waals surface area contributed by atoms with Crippen LogP contribution in [0.5, 0.6) is 0 Å². The second-order valence-corrected chi connectivity index (χ2v) is 12.5. The first kappa shape index (κ1) is 35.0. The molecule has 8 heteroatoms. The van der Waals surface area contributed by atoms with Gasteiger partial charge in [-0.3, -0.25) is 14.5 Å². The van der Waals surface area contributed by atoms with Crippen molar-refractivity contribution in [3.8, 4) is 11.1 Å². The van der Waals surface area contributed by atoms with Crippen molar-refractivity contribution in [3.63, 3.8) is 0 Å². The summed E-state index contributed by atoms with van der Waals surface area (Å²) in [5, 5.41) is 21.3. The van der Waals surface area contributed by atoms with Crippen LogP contribution < -0.4 is 5.32 Å². The van der Waals surface area contributed by atoms with Crippen LogP contribution in [-0.2, 0) is 38.8 Å². The highest BCUT2D eigenvalue weighted by molar-refractivity contribution is 5.76. The number of aliphatic carboxylic acids is 1. The largest absolute Gasteiger partial charge is 0.481 e. The van der Waals surface area contributed by atoms with E-state index in [0.29, 0.717) is 32.2 Å². The number of carbonyl (C=O) groups is 2. The zero-order valence-corrected chi connectivity index (χ0v) is 27.6. The Bertz CT molecular complexity index is 1590. The fraction of sp³-hybridized carbons (Fsp3) is 0.350. The van der Waals surface area contributed by atoms with Crippen molar-refractivity contribution in [1.82, 2.24) is 10.2 Å². The number of unbranched alkanes of at least 4 members (excludes halogenated alkanes) is 2. The first-order chi connectivity index (χ1) is 23.4. The van der Waals surface area contributed by atoms with Crippen LogP contribution >= 0.6 is 0 Å². The summed E-state index contributed by atoms with van der Waals surface area (Å²) in [5.74, 6) is -0.838. The molecule has 5 rings (SSSR count). The predicted molar refractivity (Wildman–Crippen MR) is 186 cm³/mol. The van der Waals surface area contributed by atoms with E-state index < -0.39 is 12.3 Å². The minimum atomic E-state index is -0.802. The summed E-state index contributed by atoms with van der Waals surface area (Å²) in [7, 11) is 2.11. The van der Waals surface area contributed by atoms with Crippen LogP contribution in [-0.4, -0.2) is 46.7 Å². The van der Waals surface area contributed by atoms with Crippen LogP contribution in [0, 0.1) is 0 Å². The number of carboxylic acid groups (broad SMARTS) is 1. The molecule has 3 N–H and O–H groups in total. The number of aliphatic hydroxyl groups excluding tert-OH is 1. The Labute approximate surface area is 283 Å². The maximum absolute atomic E-state index is 12.5. The third-order valence-corrected chi connectivity index (χ3v) is 8.71. The van der Waals surface area contributed by atoms with E-state index in [9.17, 15) is 14.7 Å². The van der Waals surface area contributed by atoms with Crippen LogP contribution in [0.1, 0.15) is 78.7 Å². The van der Waals surface area contributed by atoms with Gasteiger partial charge in [-0.25, -0.2) is 0 Å². The van der Waals surface area contributed by atoms with E-state index >= 15 is 0 Å². The number of nitrogens with one attached hydrogen (secondary N) is 1. The summed E-state index contributed by atoms with van der Waals surface area (Å²) in [6.45, 7) is 1.99. The lowest BCUT2D eigenvalue weighted by atomic mass is 9.97. The minimum Gasteiger partial charge on any atom is -0.481 e. The maximum Gasteiger partial charge on any atom is 0.303 e. The number of carbonyl (C=O) groups excluding carboxylic acids is 1. The van der Waals surface area contributed by atoms with Gasteiger partial charge in [-0.2, -0.15) is 0 Å². The van der Waals surface area contributed by atoms with Crippen LogP contribution in [0.2, 0.25) is 0 Å². The van der Waals surface area contributed by atoms with Gasteiger partial charge in [0, 0.05) is 44.5 Å². The summed E-state index contributed by atoms with van der Waals surface area (Å²) in [6, 6.07) is 34.6. The molecule has 3 atom stereocenters. The van der Waals surface area contributed by atoms with Crippen molar-refractivity contribution in [2.75, 3.05) is 13.6 Å². The van der Waals surface area contributed by atoms with Crippen LogP contribution in [0.4, 0.5) is 0 Å². The van der Waals surface area contributed by atoms with Gasteiger partial charge < -0.3 is 25.0 Å². The van der Waals surface area contributed by atoms with Gasteiger partial charge in [0.25, 0.3) is 0 Å². The molecule has 1 heterocycles. The molecule has 1 aliphatic rings. The van der Waals surface area contributed by atoms with Crippen LogP contribution in [0.25, 0.3) is 11.1 Å². The predicted octanol–water partition coefficient (Wildman–Crippen LogP) is 7.17. The Morgan fingerprint density at radius 3 is 2.21 bits per heavy atom. The van der Waals surface area contributed by atoms with Crippen molar-refractivity contribution in [2.24, 2.45) is 0 Å². The first-order valence-electron chi connectivity index (χ1n) is 16.8. The first-order valence-corrected chi connectivity index (χ1v) is 16.8. The molecule has 3 unspecified atom stereocenters. The molecule has 1 fully saturated rings. The van der Waals surface area contributed by atoms with Crippen molar-refractivity contribution < 1.29 is 29.3 Å². The SMILES string of the molecule is CN(Cc1ccccc1)CC1CC(c2ccc(CO)cc2)OC(c2ccc(-c3ccccc3CNC(=O)CCCCCC(=O)O)cc2)O1. The van der Waals surface area contributed by atoms with Gasteiger partial charge in [0.1, 0.15) is 0 Å². The number of carboxylic acids is 1. The average molecular weight is 651 g/mol. The topological polar surface area (TPSA) is 108 Å². The molecule has 1 saturated heterocycles. The fourth-order valence-electron chi connectivity index (χ4n) is 6.14. The van der Waals surface area contributed by atoms with E-state index in [1.165, 1.54) is 5.56 Å². The fourth-order valence-corrected chi connectivity index (χ4v) is 6.14. The summed E-state index contributed by atoms with van der Waals surface area (Å²) in [4.78, 5) is 25.4. The Kier molecular flexibility index (Phi) is 12.9. The Hall–Kier alpha value is -4.34. The molecular formula is C40H46N2O6. The number of benzene rings is 4. The van der Waals surface area contributed by atoms with E-state index in [0.717, 1.165) is 52.9 Å². The third kappa shape index (κ3) is 10.3. The van der Waals surface area contributed by atoms with Crippen LogP contribution in [0.15, 0.2) is 103 Å². The number of hydrogen-bond donors (Lipinski definition) is 3. The van der Waals surface area contributed by atoms with E-state index in [4.69, 9.17) is 14.6 Å². The lowest BCUT2D eigenvalue weighted by Gasteiger charge is -2.38. The molecule has 0 aliphatic carbocycles. The van der Waals surface area contributed by atoms with Crippen molar-refractivity contribution in [3.05, 3.63) is 131 Å². The quantitative estimate of drug-likeness (QED) is 0.110. The number of rotatable bonds is 16. The van der Waals surface area contributed by atoms with Gasteiger partial charge in [-0.05, 0) is 53.3 Å². The summed E-state index contributed by atoms with van der Waals surface area (Å²) >= 11 is 0. The van der Waals surface area contributed by atoms with E-state index in [-0.39, 0.29) is 31.1 Å². The number of aliphatic hydroxyl groups is 1. The lowest BCUT2D eigenvalue weighted by molar-refractivity contribution is -0.252. The zero-order valence-electron chi connectivity index (χ0n) is 27.6. The molecule has 0 spiro atoms. The molecular weight excluding hydrogens is 604 g/mol. The van der Waals surface area contributed by atoms with E-state index in [1.807, 2.05) is 48.5 Å². The Balaban J connectivity index is 1.25. The highest BCUT2D eigenvalue weighted by Crippen LogP contribution is 2.39. The Morgan fingerprint density at radius 1 is 0.792 bits per heavy atom. The lowest BCUT2D eigenvalue weighted by Crippen LogP contribution is -2.37. The smallest absolute Gasteiger partial charge is 0.303 e. The van der Waals surface area contributed by atoms with Gasteiger partial charge in [-0.15, -0.1) is 0 Å². The third-order valence-electron chi connectivity index (χ3n) is 8.71. The zero-order chi connectivity index (χ0) is 33.7. The molecule has 4 aromatic carbocycles. The minimum absolute atomic E-state index is 0.00246. The molecule has 0 bridgehead atoms. The van der Waals surface area contributed by atoms with E-state index in [1.54, 1.807) is 0 Å². The van der Waals surface area contributed by atoms with E-state index in [2.05, 4.69) is 71.9 Å². The molecule has 1 aliphatic heterocycles. The van der Waals surface area contributed by atoms with Crippen molar-refractivity contribution >= 4 is 11.9 Å². The molecule has 48 heavy (non-hydrogen) atoms. The van der Waals surface area contributed by atoms with Gasteiger partial charge in [0.2, 0.25) is 5.91 Å². The van der Waals surface area contributed by atoms with Crippen LogP contribution in [0.3, 0.4) is 0 Å². The molecule has 0 saturated carbocycles. The molecule has 1 amide bonds. The van der Waals surface area contributed by atoms with Gasteiger partial charge in [0.05, 0.1) is 18.8 Å². The second-order valence-electron chi connectivity index (χ2n) is 12.5. The maximum atomic E-state index is 12.5. The standard InChI is InChI=1S/C40H46N2O6/c1-42(26-29-10-4-2-5-11-29)27-35-24-37(32-18-16-30(28-43)17-19-32)48-40(47-35)33-22-20-31(21-23-33)36-13-9-8-12-34(36)25-41-38(44)14-6-3-7-15-39(45)46/h2,4-5,8-13,16-23,35,37,40,43H,3,6-7,14-15,24-28H2,1H3,(H,41,44)(H,45,46). The molecule has 4 aromatic rings. The number of likely N-dealkylation sites (N-methyl/N-ethyl adjacent to an activating group) is 1. The normalized spacial score (nSPS) is 17.7. The van der Waals surface area contributed by atoms with Gasteiger partial charge in [-0.1, -0.05) is 110 Å². The average Bonchev–Trinajstić information content (AvgIpc) is 3.11. The number of amides is 1. The summed E-state index contributed by atoms with van der Waals surface area (Å²) in [6.07, 6.45) is 2.46. The van der Waals surface area contributed by atoms with Gasteiger partial charge >= 0.3 is 5.97 Å². The Morgan fingerprint density at radius 2 is 1.48 bits per heavy atom. The molecule has 8 nitrogen and oxygen atoms in total. The number of nitrogens with zero attached hydrogens (tertiary/aromatic N) is 1. The highest BCUT2D eigenvalue weighted by Gasteiger charge is 2.33. The molecule has 252 valence electrons. The summed E-state index contributed by atoms with van der Waals surface area (Å²) < 4.78 is 13.2.